The number of nitrogens with zero attached hydrogens (tertiary/aromatic N) is 2. The summed E-state index contributed by atoms with van der Waals surface area (Å²) < 4.78 is 5.22. The fourth-order valence-electron chi connectivity index (χ4n) is 3.64. The molecular formula is C23H30N2O2. The van der Waals surface area contributed by atoms with Crippen LogP contribution in [-0.4, -0.2) is 49.0 Å². The van der Waals surface area contributed by atoms with E-state index in [1.165, 1.54) is 11.1 Å². The van der Waals surface area contributed by atoms with Gasteiger partial charge in [0.05, 0.1) is 13.5 Å². The Balaban J connectivity index is 1.74. The highest BCUT2D eigenvalue weighted by Crippen LogP contribution is 2.21. The number of aryl methyl sites for hydroxylation is 1. The second-order valence-electron chi connectivity index (χ2n) is 7.57. The maximum atomic E-state index is 13.2. The quantitative estimate of drug-likeness (QED) is 0.782. The summed E-state index contributed by atoms with van der Waals surface area (Å²) in [5, 5.41) is 0. The van der Waals surface area contributed by atoms with Crippen molar-refractivity contribution >= 4 is 5.91 Å². The third-order valence-electron chi connectivity index (χ3n) is 5.44. The molecule has 2 aromatic carbocycles. The number of piperidine rings is 1. The van der Waals surface area contributed by atoms with E-state index in [1.807, 2.05) is 24.3 Å². The van der Waals surface area contributed by atoms with Gasteiger partial charge < -0.3 is 14.5 Å². The van der Waals surface area contributed by atoms with Gasteiger partial charge in [0.1, 0.15) is 5.75 Å². The zero-order chi connectivity index (χ0) is 19.2. The third-order valence-corrected chi connectivity index (χ3v) is 5.44. The minimum absolute atomic E-state index is 0.204. The van der Waals surface area contributed by atoms with Gasteiger partial charge in [-0.2, -0.15) is 0 Å². The lowest BCUT2D eigenvalue weighted by Gasteiger charge is -2.37. The van der Waals surface area contributed by atoms with Crippen LogP contribution in [-0.2, 0) is 17.8 Å². The summed E-state index contributed by atoms with van der Waals surface area (Å²) in [5.41, 5.74) is 3.47. The summed E-state index contributed by atoms with van der Waals surface area (Å²) in [4.78, 5) is 17.6. The van der Waals surface area contributed by atoms with E-state index < -0.39 is 0 Å². The van der Waals surface area contributed by atoms with Gasteiger partial charge in [-0.05, 0) is 63.2 Å². The zero-order valence-corrected chi connectivity index (χ0v) is 16.6. The Kier molecular flexibility index (Phi) is 6.51. The molecular weight excluding hydrogens is 336 g/mol. The number of amides is 1. The molecule has 0 bridgehead atoms. The first-order valence-electron chi connectivity index (χ1n) is 9.71. The van der Waals surface area contributed by atoms with Crippen molar-refractivity contribution in [1.29, 1.82) is 0 Å². The number of methoxy groups -OCH3 is 1. The van der Waals surface area contributed by atoms with E-state index in [9.17, 15) is 4.79 Å². The SMILES string of the molecule is COc1ccc(CC(=O)N(Cc2ccc(C)cc2)C2CCN(C)CC2)cc1. The molecule has 2 aromatic rings. The van der Waals surface area contributed by atoms with Gasteiger partial charge in [-0.15, -0.1) is 0 Å². The maximum Gasteiger partial charge on any atom is 0.227 e. The highest BCUT2D eigenvalue weighted by Gasteiger charge is 2.27. The molecule has 1 saturated heterocycles. The fraction of sp³-hybridized carbons (Fsp3) is 0.435. The topological polar surface area (TPSA) is 32.8 Å². The third kappa shape index (κ3) is 5.33. The average Bonchev–Trinajstić information content (AvgIpc) is 2.69. The monoisotopic (exact) mass is 366 g/mol. The molecule has 4 heteroatoms. The zero-order valence-electron chi connectivity index (χ0n) is 16.6. The molecule has 144 valence electrons. The van der Waals surface area contributed by atoms with Crippen molar-refractivity contribution in [1.82, 2.24) is 9.80 Å². The van der Waals surface area contributed by atoms with Crippen LogP contribution in [0.1, 0.15) is 29.5 Å². The Morgan fingerprint density at radius 2 is 1.63 bits per heavy atom. The highest BCUT2D eigenvalue weighted by molar-refractivity contribution is 5.79. The molecule has 3 rings (SSSR count). The van der Waals surface area contributed by atoms with Crippen molar-refractivity contribution in [2.75, 3.05) is 27.2 Å². The van der Waals surface area contributed by atoms with Gasteiger partial charge in [-0.1, -0.05) is 42.0 Å². The molecule has 0 aliphatic carbocycles. The summed E-state index contributed by atoms with van der Waals surface area (Å²) >= 11 is 0. The van der Waals surface area contributed by atoms with Crippen LogP contribution >= 0.6 is 0 Å². The molecule has 1 fully saturated rings. The molecule has 1 heterocycles. The number of hydrogen-bond donors (Lipinski definition) is 0. The first-order chi connectivity index (χ1) is 13.0. The van der Waals surface area contributed by atoms with Crippen molar-refractivity contribution < 1.29 is 9.53 Å². The Morgan fingerprint density at radius 1 is 1.04 bits per heavy atom. The predicted octanol–water partition coefficient (Wildman–Crippen LogP) is 3.67. The van der Waals surface area contributed by atoms with E-state index in [4.69, 9.17) is 4.74 Å². The molecule has 0 aromatic heterocycles. The lowest BCUT2D eigenvalue weighted by Crippen LogP contribution is -2.46. The number of rotatable bonds is 6. The molecule has 0 radical (unpaired) electrons. The molecule has 0 spiro atoms. The molecule has 1 aliphatic rings. The number of benzene rings is 2. The van der Waals surface area contributed by atoms with Crippen molar-refractivity contribution in [3.05, 3.63) is 65.2 Å². The summed E-state index contributed by atoms with van der Waals surface area (Å²) in [7, 11) is 3.81. The molecule has 1 aliphatic heterocycles. The first kappa shape index (κ1) is 19.4. The summed E-state index contributed by atoms with van der Waals surface area (Å²) in [6.07, 6.45) is 2.51. The van der Waals surface area contributed by atoms with Gasteiger partial charge >= 0.3 is 0 Å². The molecule has 0 N–H and O–H groups in total. The first-order valence-corrected chi connectivity index (χ1v) is 9.71. The van der Waals surface area contributed by atoms with Crippen LogP contribution < -0.4 is 4.74 Å². The second kappa shape index (κ2) is 9.05. The Morgan fingerprint density at radius 3 is 2.22 bits per heavy atom. The average molecular weight is 367 g/mol. The van der Waals surface area contributed by atoms with Crippen LogP contribution in [0.25, 0.3) is 0 Å². The van der Waals surface area contributed by atoms with Crippen LogP contribution in [0.5, 0.6) is 5.75 Å². The number of carbonyl (C=O) groups is 1. The van der Waals surface area contributed by atoms with E-state index in [-0.39, 0.29) is 5.91 Å². The lowest BCUT2D eigenvalue weighted by molar-refractivity contribution is -0.134. The second-order valence-corrected chi connectivity index (χ2v) is 7.57. The Hall–Kier alpha value is -2.33. The van der Waals surface area contributed by atoms with Crippen molar-refractivity contribution in [3.63, 3.8) is 0 Å². The van der Waals surface area contributed by atoms with E-state index in [2.05, 4.69) is 48.0 Å². The minimum Gasteiger partial charge on any atom is -0.497 e. The normalized spacial score (nSPS) is 15.5. The number of hydrogen-bond acceptors (Lipinski definition) is 3. The minimum atomic E-state index is 0.204. The van der Waals surface area contributed by atoms with Gasteiger partial charge in [-0.3, -0.25) is 4.79 Å². The number of likely N-dealkylation sites (tertiary alicyclic amines) is 1. The smallest absolute Gasteiger partial charge is 0.227 e. The van der Waals surface area contributed by atoms with Crippen LogP contribution in [0.15, 0.2) is 48.5 Å². The van der Waals surface area contributed by atoms with Crippen molar-refractivity contribution in [3.8, 4) is 5.75 Å². The van der Waals surface area contributed by atoms with Gasteiger partial charge in [0.2, 0.25) is 5.91 Å². The molecule has 0 atom stereocenters. The van der Waals surface area contributed by atoms with E-state index >= 15 is 0 Å². The molecule has 0 saturated carbocycles. The lowest BCUT2D eigenvalue weighted by atomic mass is 10.0. The van der Waals surface area contributed by atoms with E-state index in [0.717, 1.165) is 37.2 Å². The largest absolute Gasteiger partial charge is 0.497 e. The van der Waals surface area contributed by atoms with Crippen LogP contribution in [0.4, 0.5) is 0 Å². The van der Waals surface area contributed by atoms with E-state index in [1.54, 1.807) is 7.11 Å². The molecule has 1 amide bonds. The van der Waals surface area contributed by atoms with Gasteiger partial charge in [0.15, 0.2) is 0 Å². The van der Waals surface area contributed by atoms with Gasteiger partial charge in [0.25, 0.3) is 0 Å². The standard InChI is InChI=1S/C23H30N2O2/c1-18-4-6-20(7-5-18)17-25(21-12-14-24(2)15-13-21)23(26)16-19-8-10-22(27-3)11-9-19/h4-11,21H,12-17H2,1-3H3. The molecule has 0 unspecified atom stereocenters. The van der Waals surface area contributed by atoms with E-state index in [0.29, 0.717) is 19.0 Å². The van der Waals surface area contributed by atoms with Crippen LogP contribution in [0.2, 0.25) is 0 Å². The Labute approximate surface area is 162 Å². The summed E-state index contributed by atoms with van der Waals surface area (Å²) in [6.45, 7) is 4.87. The van der Waals surface area contributed by atoms with Crippen LogP contribution in [0, 0.1) is 6.92 Å². The molecule has 4 nitrogen and oxygen atoms in total. The van der Waals surface area contributed by atoms with Gasteiger partial charge in [0, 0.05) is 12.6 Å². The van der Waals surface area contributed by atoms with Gasteiger partial charge in [-0.25, -0.2) is 0 Å². The maximum absolute atomic E-state index is 13.2. The highest BCUT2D eigenvalue weighted by atomic mass is 16.5. The Bertz CT molecular complexity index is 732. The molecule has 27 heavy (non-hydrogen) atoms. The predicted molar refractivity (Wildman–Crippen MR) is 109 cm³/mol. The fourth-order valence-corrected chi connectivity index (χ4v) is 3.64. The van der Waals surface area contributed by atoms with Crippen molar-refractivity contribution in [2.45, 2.75) is 38.8 Å². The number of carbonyl (C=O) groups excluding carboxylic acids is 1. The van der Waals surface area contributed by atoms with Crippen molar-refractivity contribution in [2.24, 2.45) is 0 Å². The summed E-state index contributed by atoms with van der Waals surface area (Å²) in [5.74, 6) is 1.02. The number of ether oxygens (including phenoxy) is 1. The summed E-state index contributed by atoms with van der Waals surface area (Å²) in [6, 6.07) is 16.6. The van der Waals surface area contributed by atoms with Crippen LogP contribution in [0.3, 0.4) is 0 Å².